The van der Waals surface area contributed by atoms with Gasteiger partial charge in [0, 0.05) is 60.2 Å². The van der Waals surface area contributed by atoms with Crippen LogP contribution in [0.1, 0.15) is 36.7 Å². The number of hydrogen-bond donors (Lipinski definition) is 2. The molecule has 0 aliphatic carbocycles. The molecule has 1 aliphatic rings. The predicted octanol–water partition coefficient (Wildman–Crippen LogP) is 5.44. The summed E-state index contributed by atoms with van der Waals surface area (Å²) in [6, 6.07) is 15.5. The third-order valence-electron chi connectivity index (χ3n) is 6.31. The van der Waals surface area contributed by atoms with Crippen LogP contribution in [0.3, 0.4) is 0 Å². The lowest BCUT2D eigenvalue weighted by Gasteiger charge is -2.28. The van der Waals surface area contributed by atoms with Crippen LogP contribution in [-0.4, -0.2) is 41.1 Å². The zero-order chi connectivity index (χ0) is 22.2. The Labute approximate surface area is 189 Å². The monoisotopic (exact) mass is 425 g/mol. The molecule has 1 aliphatic heterocycles. The fourth-order valence-corrected chi connectivity index (χ4v) is 4.86. The fraction of sp³-hybridized carbons (Fsp3) is 0.333. The summed E-state index contributed by atoms with van der Waals surface area (Å²) in [4.78, 5) is 15.3. The van der Waals surface area contributed by atoms with Crippen LogP contribution in [-0.2, 0) is 0 Å². The SMILES string of the molecule is Cc1cc(-c2[nH]c3ccc(-c4ccnc(N5CCNCC5)c4)cc3c2C(C)C)cc(C)n1. The summed E-state index contributed by atoms with van der Waals surface area (Å²) in [7, 11) is 0. The van der Waals surface area contributed by atoms with Gasteiger partial charge in [-0.3, -0.25) is 4.98 Å². The highest BCUT2D eigenvalue weighted by atomic mass is 15.2. The Bertz CT molecular complexity index is 1240. The first-order valence-electron chi connectivity index (χ1n) is 11.5. The van der Waals surface area contributed by atoms with Gasteiger partial charge < -0.3 is 15.2 Å². The van der Waals surface area contributed by atoms with Crippen LogP contribution in [0.4, 0.5) is 5.82 Å². The summed E-state index contributed by atoms with van der Waals surface area (Å²) < 4.78 is 0. The molecule has 2 N–H and O–H groups in total. The number of fused-ring (bicyclic) bond motifs is 1. The van der Waals surface area contributed by atoms with E-state index in [2.05, 4.69) is 95.3 Å². The Morgan fingerprint density at radius 2 is 1.59 bits per heavy atom. The number of nitrogens with one attached hydrogen (secondary N) is 2. The molecule has 3 aromatic heterocycles. The second-order valence-electron chi connectivity index (χ2n) is 9.11. The summed E-state index contributed by atoms with van der Waals surface area (Å²) >= 11 is 0. The van der Waals surface area contributed by atoms with Crippen LogP contribution in [0.2, 0.25) is 0 Å². The number of nitrogens with zero attached hydrogens (tertiary/aromatic N) is 3. The Hall–Kier alpha value is -3.18. The van der Waals surface area contributed by atoms with E-state index in [-0.39, 0.29) is 0 Å². The van der Waals surface area contributed by atoms with E-state index in [0.29, 0.717) is 5.92 Å². The average Bonchev–Trinajstić information content (AvgIpc) is 3.18. The predicted molar refractivity (Wildman–Crippen MR) is 133 cm³/mol. The Balaban J connectivity index is 1.60. The molecule has 1 saturated heterocycles. The van der Waals surface area contributed by atoms with E-state index in [4.69, 9.17) is 0 Å². The number of aryl methyl sites for hydroxylation is 2. The van der Waals surface area contributed by atoms with Gasteiger partial charge in [0.05, 0.1) is 5.69 Å². The van der Waals surface area contributed by atoms with Crippen molar-refractivity contribution in [3.05, 3.63) is 65.6 Å². The Morgan fingerprint density at radius 3 is 2.31 bits per heavy atom. The summed E-state index contributed by atoms with van der Waals surface area (Å²) in [5.74, 6) is 1.46. The van der Waals surface area contributed by atoms with E-state index in [1.807, 2.05) is 6.20 Å². The number of pyridine rings is 2. The summed E-state index contributed by atoms with van der Waals surface area (Å²) in [5.41, 5.74) is 9.49. The first-order valence-corrected chi connectivity index (χ1v) is 11.5. The number of aromatic amines is 1. The molecule has 0 bridgehead atoms. The first-order chi connectivity index (χ1) is 15.5. The van der Waals surface area contributed by atoms with Gasteiger partial charge >= 0.3 is 0 Å². The maximum atomic E-state index is 4.64. The lowest BCUT2D eigenvalue weighted by atomic mass is 9.94. The van der Waals surface area contributed by atoms with E-state index in [9.17, 15) is 0 Å². The van der Waals surface area contributed by atoms with E-state index in [0.717, 1.165) is 43.4 Å². The summed E-state index contributed by atoms with van der Waals surface area (Å²) in [6.45, 7) is 12.7. The zero-order valence-electron chi connectivity index (χ0n) is 19.4. The molecular weight excluding hydrogens is 394 g/mol. The van der Waals surface area contributed by atoms with Crippen LogP contribution in [0.5, 0.6) is 0 Å². The van der Waals surface area contributed by atoms with Crippen molar-refractivity contribution in [2.24, 2.45) is 0 Å². The molecule has 0 saturated carbocycles. The molecule has 0 atom stereocenters. The molecule has 4 aromatic rings. The van der Waals surface area contributed by atoms with Gasteiger partial charge in [0.15, 0.2) is 0 Å². The van der Waals surface area contributed by atoms with Crippen LogP contribution in [0.25, 0.3) is 33.3 Å². The third kappa shape index (κ3) is 3.89. The molecule has 5 nitrogen and oxygen atoms in total. The average molecular weight is 426 g/mol. The molecule has 32 heavy (non-hydrogen) atoms. The largest absolute Gasteiger partial charge is 0.354 e. The lowest BCUT2D eigenvalue weighted by molar-refractivity contribution is 0.585. The highest BCUT2D eigenvalue weighted by Gasteiger charge is 2.18. The lowest BCUT2D eigenvalue weighted by Crippen LogP contribution is -2.43. The van der Waals surface area contributed by atoms with Gasteiger partial charge in [-0.2, -0.15) is 0 Å². The number of anilines is 1. The second-order valence-corrected chi connectivity index (χ2v) is 9.11. The minimum absolute atomic E-state index is 0.400. The van der Waals surface area contributed by atoms with Gasteiger partial charge in [-0.1, -0.05) is 19.9 Å². The molecule has 0 amide bonds. The Kier molecular flexibility index (Phi) is 5.43. The van der Waals surface area contributed by atoms with Gasteiger partial charge in [-0.15, -0.1) is 0 Å². The minimum Gasteiger partial charge on any atom is -0.354 e. The number of hydrogen-bond acceptors (Lipinski definition) is 4. The molecule has 0 unspecified atom stereocenters. The van der Waals surface area contributed by atoms with Crippen molar-refractivity contribution in [2.45, 2.75) is 33.6 Å². The number of rotatable bonds is 4. The highest BCUT2D eigenvalue weighted by Crippen LogP contribution is 2.38. The van der Waals surface area contributed by atoms with E-state index < -0.39 is 0 Å². The van der Waals surface area contributed by atoms with Crippen molar-refractivity contribution in [1.29, 1.82) is 0 Å². The van der Waals surface area contributed by atoms with E-state index in [1.165, 1.54) is 38.9 Å². The first kappa shape index (κ1) is 20.7. The topological polar surface area (TPSA) is 56.8 Å². The van der Waals surface area contributed by atoms with Crippen LogP contribution >= 0.6 is 0 Å². The quantitative estimate of drug-likeness (QED) is 0.457. The molecule has 1 aromatic carbocycles. The number of benzene rings is 1. The maximum Gasteiger partial charge on any atom is 0.129 e. The van der Waals surface area contributed by atoms with Gasteiger partial charge in [0.1, 0.15) is 5.82 Å². The van der Waals surface area contributed by atoms with Crippen LogP contribution < -0.4 is 10.2 Å². The highest BCUT2D eigenvalue weighted by molar-refractivity contribution is 5.94. The Morgan fingerprint density at radius 1 is 0.875 bits per heavy atom. The molecule has 0 radical (unpaired) electrons. The van der Waals surface area contributed by atoms with Crippen molar-refractivity contribution in [2.75, 3.05) is 31.1 Å². The molecule has 164 valence electrons. The number of aromatic nitrogens is 3. The molecule has 5 rings (SSSR count). The van der Waals surface area contributed by atoms with Crippen LogP contribution in [0.15, 0.2) is 48.7 Å². The molecule has 1 fully saturated rings. The second kappa shape index (κ2) is 8.40. The van der Waals surface area contributed by atoms with Crippen molar-refractivity contribution in [3.8, 4) is 22.4 Å². The normalized spacial score (nSPS) is 14.5. The summed E-state index contributed by atoms with van der Waals surface area (Å²) in [6.07, 6.45) is 1.94. The molecule has 4 heterocycles. The van der Waals surface area contributed by atoms with Gasteiger partial charge in [0.2, 0.25) is 0 Å². The number of piperazine rings is 1. The van der Waals surface area contributed by atoms with E-state index >= 15 is 0 Å². The molecule has 0 spiro atoms. The molecule has 5 heteroatoms. The minimum atomic E-state index is 0.400. The van der Waals surface area contributed by atoms with Crippen molar-refractivity contribution in [1.82, 2.24) is 20.3 Å². The van der Waals surface area contributed by atoms with Crippen LogP contribution in [0, 0.1) is 13.8 Å². The van der Waals surface area contributed by atoms with E-state index in [1.54, 1.807) is 0 Å². The molecular formula is C27H31N5. The summed E-state index contributed by atoms with van der Waals surface area (Å²) in [5, 5.41) is 4.71. The number of H-pyrrole nitrogens is 1. The zero-order valence-corrected chi connectivity index (χ0v) is 19.4. The smallest absolute Gasteiger partial charge is 0.129 e. The van der Waals surface area contributed by atoms with Gasteiger partial charge in [-0.05, 0) is 72.9 Å². The van der Waals surface area contributed by atoms with Gasteiger partial charge in [0.25, 0.3) is 0 Å². The third-order valence-corrected chi connectivity index (χ3v) is 6.31. The fourth-order valence-electron chi connectivity index (χ4n) is 4.86. The van der Waals surface area contributed by atoms with Crippen molar-refractivity contribution < 1.29 is 0 Å². The van der Waals surface area contributed by atoms with Crippen molar-refractivity contribution in [3.63, 3.8) is 0 Å². The van der Waals surface area contributed by atoms with Crippen molar-refractivity contribution >= 4 is 16.7 Å². The standard InChI is InChI=1S/C27H31N5/c1-17(2)26-23-15-20(21-7-8-29-25(16-21)32-11-9-28-10-12-32)5-6-24(23)31-27(26)22-13-18(3)30-19(4)14-22/h5-8,13-17,28,31H,9-12H2,1-4H3. The maximum absolute atomic E-state index is 4.64. The van der Waals surface area contributed by atoms with Gasteiger partial charge in [-0.25, -0.2) is 4.98 Å².